The van der Waals surface area contributed by atoms with Crippen molar-refractivity contribution in [3.63, 3.8) is 0 Å². The molecule has 0 aliphatic rings. The highest BCUT2D eigenvalue weighted by Gasteiger charge is 2.07. The Bertz CT molecular complexity index is 816. The average molecular weight is 317 g/mol. The number of fused-ring (bicyclic) bond motifs is 1. The second-order valence-electron chi connectivity index (χ2n) is 6.00. The highest BCUT2D eigenvalue weighted by atomic mass is 16.3. The first-order valence-corrected chi connectivity index (χ1v) is 8.35. The van der Waals surface area contributed by atoms with E-state index in [-0.39, 0.29) is 12.6 Å². The lowest BCUT2D eigenvalue weighted by molar-refractivity contribution is 0.282. The van der Waals surface area contributed by atoms with Gasteiger partial charge >= 0.3 is 0 Å². The topological polar surface area (TPSA) is 32.3 Å². The first-order chi connectivity index (χ1) is 11.8. The molecule has 122 valence electrons. The van der Waals surface area contributed by atoms with Crippen LogP contribution in [0, 0.1) is 0 Å². The van der Waals surface area contributed by atoms with E-state index in [1.165, 1.54) is 16.3 Å². The van der Waals surface area contributed by atoms with Crippen molar-refractivity contribution in [2.24, 2.45) is 0 Å². The van der Waals surface area contributed by atoms with Crippen molar-refractivity contribution in [3.8, 4) is 0 Å². The molecule has 3 rings (SSSR count). The smallest absolute Gasteiger partial charge is 0.0681 e. The maximum atomic E-state index is 9.06. The third-order valence-electron chi connectivity index (χ3n) is 4.30. The average Bonchev–Trinajstić information content (AvgIpc) is 2.65. The van der Waals surface area contributed by atoms with Crippen LogP contribution in [-0.4, -0.2) is 11.7 Å². The molecule has 0 amide bonds. The van der Waals surface area contributed by atoms with E-state index in [1.807, 2.05) is 24.3 Å². The zero-order valence-corrected chi connectivity index (χ0v) is 13.9. The van der Waals surface area contributed by atoms with Gasteiger partial charge in [-0.3, -0.25) is 0 Å². The van der Waals surface area contributed by atoms with Gasteiger partial charge < -0.3 is 10.4 Å². The van der Waals surface area contributed by atoms with E-state index in [1.54, 1.807) is 0 Å². The van der Waals surface area contributed by atoms with Crippen molar-refractivity contribution in [2.45, 2.75) is 19.6 Å². The van der Waals surface area contributed by atoms with Crippen molar-refractivity contribution in [2.75, 3.05) is 6.54 Å². The van der Waals surface area contributed by atoms with Crippen LogP contribution >= 0.6 is 0 Å². The van der Waals surface area contributed by atoms with E-state index in [4.69, 9.17) is 5.11 Å². The Kier molecular flexibility index (Phi) is 5.42. The van der Waals surface area contributed by atoms with Gasteiger partial charge in [0.15, 0.2) is 0 Å². The van der Waals surface area contributed by atoms with Crippen LogP contribution < -0.4 is 5.32 Å². The lowest BCUT2D eigenvalue weighted by Crippen LogP contribution is -2.18. The predicted octanol–water partition coefficient (Wildman–Crippen LogP) is 4.70. The highest BCUT2D eigenvalue weighted by Crippen LogP contribution is 2.23. The molecule has 0 spiro atoms. The Morgan fingerprint density at radius 3 is 2.50 bits per heavy atom. The van der Waals surface area contributed by atoms with Crippen LogP contribution in [0.4, 0.5) is 0 Å². The summed E-state index contributed by atoms with van der Waals surface area (Å²) in [7, 11) is 0. The van der Waals surface area contributed by atoms with Gasteiger partial charge in [0.05, 0.1) is 6.61 Å². The van der Waals surface area contributed by atoms with Gasteiger partial charge in [-0.2, -0.15) is 0 Å². The number of benzene rings is 3. The Balaban J connectivity index is 1.62. The summed E-state index contributed by atoms with van der Waals surface area (Å²) in [4.78, 5) is 0. The van der Waals surface area contributed by atoms with Crippen LogP contribution in [0.15, 0.2) is 72.8 Å². The molecule has 2 N–H and O–H groups in total. The summed E-state index contributed by atoms with van der Waals surface area (Å²) < 4.78 is 0. The third kappa shape index (κ3) is 3.91. The molecule has 0 aromatic heterocycles. The normalized spacial score (nSPS) is 12.8. The molecule has 0 saturated carbocycles. The number of hydrogen-bond acceptors (Lipinski definition) is 2. The number of rotatable bonds is 6. The molecule has 0 saturated heterocycles. The largest absolute Gasteiger partial charge is 0.392 e. The third-order valence-corrected chi connectivity index (χ3v) is 4.30. The molecule has 0 aliphatic heterocycles. The lowest BCUT2D eigenvalue weighted by atomic mass is 10.00. The predicted molar refractivity (Wildman–Crippen MR) is 102 cm³/mol. The number of hydrogen-bond donors (Lipinski definition) is 2. The minimum absolute atomic E-state index is 0.0914. The van der Waals surface area contributed by atoms with E-state index in [9.17, 15) is 0 Å². The van der Waals surface area contributed by atoms with Crippen LogP contribution in [-0.2, 0) is 6.61 Å². The molecule has 2 heteroatoms. The van der Waals surface area contributed by atoms with Crippen LogP contribution in [0.5, 0.6) is 0 Å². The van der Waals surface area contributed by atoms with Crippen molar-refractivity contribution in [1.82, 2.24) is 5.32 Å². The highest BCUT2D eigenvalue weighted by molar-refractivity contribution is 5.86. The van der Waals surface area contributed by atoms with Crippen molar-refractivity contribution >= 4 is 16.8 Å². The fourth-order valence-electron chi connectivity index (χ4n) is 2.91. The summed E-state index contributed by atoms with van der Waals surface area (Å²) >= 11 is 0. The Hall–Kier alpha value is -2.42. The van der Waals surface area contributed by atoms with E-state index in [0.717, 1.165) is 17.7 Å². The van der Waals surface area contributed by atoms with Gasteiger partial charge in [-0.05, 0) is 34.4 Å². The van der Waals surface area contributed by atoms with E-state index in [0.29, 0.717) is 0 Å². The maximum absolute atomic E-state index is 9.06. The van der Waals surface area contributed by atoms with E-state index >= 15 is 0 Å². The van der Waals surface area contributed by atoms with Gasteiger partial charge in [-0.25, -0.2) is 0 Å². The molecule has 0 radical (unpaired) electrons. The van der Waals surface area contributed by atoms with Gasteiger partial charge in [-0.15, -0.1) is 0 Å². The lowest BCUT2D eigenvalue weighted by Gasteiger charge is -2.15. The fourth-order valence-corrected chi connectivity index (χ4v) is 2.91. The van der Waals surface area contributed by atoms with Crippen LogP contribution in [0.3, 0.4) is 0 Å². The van der Waals surface area contributed by atoms with E-state index < -0.39 is 0 Å². The van der Waals surface area contributed by atoms with Crippen LogP contribution in [0.25, 0.3) is 16.8 Å². The molecule has 0 fully saturated rings. The monoisotopic (exact) mass is 317 g/mol. The van der Waals surface area contributed by atoms with Gasteiger partial charge in [-0.1, -0.05) is 78.9 Å². The summed E-state index contributed by atoms with van der Waals surface area (Å²) in [5.74, 6) is 0. The summed E-state index contributed by atoms with van der Waals surface area (Å²) in [6.07, 6.45) is 4.24. The summed E-state index contributed by atoms with van der Waals surface area (Å²) in [6.45, 7) is 3.10. The minimum atomic E-state index is 0.0914. The van der Waals surface area contributed by atoms with Crippen molar-refractivity contribution in [3.05, 3.63) is 89.5 Å². The molecule has 3 aromatic rings. The van der Waals surface area contributed by atoms with Crippen LogP contribution in [0.1, 0.15) is 29.7 Å². The first-order valence-electron chi connectivity index (χ1n) is 8.35. The number of aliphatic hydroxyl groups is 1. The Morgan fingerprint density at radius 1 is 0.958 bits per heavy atom. The molecule has 2 nitrogen and oxygen atoms in total. The number of aliphatic hydroxyl groups excluding tert-OH is 1. The quantitative estimate of drug-likeness (QED) is 0.691. The van der Waals surface area contributed by atoms with Crippen molar-refractivity contribution < 1.29 is 5.11 Å². The second-order valence-corrected chi connectivity index (χ2v) is 6.00. The molecule has 1 atom stereocenters. The summed E-state index contributed by atoms with van der Waals surface area (Å²) in [5.41, 5.74) is 3.41. The molecular formula is C22H23NO. The summed E-state index contributed by atoms with van der Waals surface area (Å²) in [5, 5.41) is 15.2. The van der Waals surface area contributed by atoms with Gasteiger partial charge in [0, 0.05) is 12.6 Å². The maximum Gasteiger partial charge on any atom is 0.0681 e. The van der Waals surface area contributed by atoms with Gasteiger partial charge in [0.1, 0.15) is 0 Å². The Morgan fingerprint density at radius 2 is 1.71 bits per heavy atom. The second kappa shape index (κ2) is 7.91. The molecule has 3 aromatic carbocycles. The molecule has 0 bridgehead atoms. The Labute approximate surface area is 143 Å². The van der Waals surface area contributed by atoms with Gasteiger partial charge in [0.2, 0.25) is 0 Å². The van der Waals surface area contributed by atoms with Crippen LogP contribution in [0.2, 0.25) is 0 Å². The van der Waals surface area contributed by atoms with Gasteiger partial charge in [0.25, 0.3) is 0 Å². The fraction of sp³-hybridized carbons (Fsp3) is 0.182. The molecule has 24 heavy (non-hydrogen) atoms. The molecule has 0 heterocycles. The molecule has 0 unspecified atom stereocenters. The van der Waals surface area contributed by atoms with Crippen molar-refractivity contribution in [1.29, 1.82) is 0 Å². The zero-order valence-electron chi connectivity index (χ0n) is 13.9. The van der Waals surface area contributed by atoms with E-state index in [2.05, 4.69) is 66.9 Å². The molecular weight excluding hydrogens is 294 g/mol. The zero-order chi connectivity index (χ0) is 16.8. The minimum Gasteiger partial charge on any atom is -0.392 e. The summed E-state index contributed by atoms with van der Waals surface area (Å²) in [6, 6.07) is 23.2. The number of nitrogens with one attached hydrogen (secondary N) is 1. The first kappa shape index (κ1) is 16.4. The molecule has 0 aliphatic carbocycles. The SMILES string of the molecule is C[C@@H](NC/C=C/c1ccc(CO)cc1)c1cccc2ccccc12. The standard InChI is InChI=1S/C22H23NO/c1-17(21-10-4-8-20-7-2-3-9-22(20)21)23-15-5-6-18-11-13-19(16-24)14-12-18/h2-14,17,23-24H,15-16H2,1H3/b6-5+/t17-/m1/s1.